The molecule has 0 fully saturated rings. The lowest BCUT2D eigenvalue weighted by Gasteiger charge is -2.10. The van der Waals surface area contributed by atoms with E-state index in [9.17, 15) is 5.11 Å². The molecule has 5 nitrogen and oxygen atoms in total. The van der Waals surface area contributed by atoms with Crippen LogP contribution in [-0.4, -0.2) is 41.9 Å². The van der Waals surface area contributed by atoms with Crippen LogP contribution in [0.4, 0.5) is 0 Å². The maximum absolute atomic E-state index is 9.61. The van der Waals surface area contributed by atoms with Gasteiger partial charge in [0, 0.05) is 32.6 Å². The molecule has 0 amide bonds. The summed E-state index contributed by atoms with van der Waals surface area (Å²) in [6.45, 7) is 1.81. The number of hydrogen-bond acceptors (Lipinski definition) is 5. The van der Waals surface area contributed by atoms with Crippen LogP contribution in [0, 0.1) is 0 Å². The van der Waals surface area contributed by atoms with Gasteiger partial charge in [-0.3, -0.25) is 9.97 Å². The minimum atomic E-state index is -0.611. The zero-order valence-electron chi connectivity index (χ0n) is 8.18. The van der Waals surface area contributed by atoms with E-state index in [1.807, 2.05) is 0 Å². The summed E-state index contributed by atoms with van der Waals surface area (Å²) < 4.78 is 4.86. The van der Waals surface area contributed by atoms with E-state index in [0.717, 1.165) is 0 Å². The summed E-state index contributed by atoms with van der Waals surface area (Å²) in [6.07, 6.45) is 4.09. The lowest BCUT2D eigenvalue weighted by molar-refractivity contribution is 0.158. The van der Waals surface area contributed by atoms with Gasteiger partial charge >= 0.3 is 0 Å². The molecule has 1 aromatic rings. The number of hydrogen-bond donors (Lipinski definition) is 2. The number of ether oxygens (including phenoxy) is 1. The molecule has 0 bridgehead atoms. The molecule has 0 radical (unpaired) electrons. The van der Waals surface area contributed by atoms with Crippen molar-refractivity contribution < 1.29 is 9.84 Å². The first-order valence-electron chi connectivity index (χ1n) is 4.48. The molecule has 2 N–H and O–H groups in total. The molecule has 14 heavy (non-hydrogen) atoms. The fourth-order valence-corrected chi connectivity index (χ4v) is 1.00. The van der Waals surface area contributed by atoms with Gasteiger partial charge < -0.3 is 15.2 Å². The van der Waals surface area contributed by atoms with Crippen LogP contribution in [0.15, 0.2) is 18.6 Å². The van der Waals surface area contributed by atoms with Crippen LogP contribution >= 0.6 is 0 Å². The first-order chi connectivity index (χ1) is 6.84. The van der Waals surface area contributed by atoms with Crippen molar-refractivity contribution in [1.29, 1.82) is 0 Å². The predicted octanol–water partition coefficient (Wildman–Crippen LogP) is -0.254. The van der Waals surface area contributed by atoms with Crippen molar-refractivity contribution in [2.75, 3.05) is 26.8 Å². The molecule has 0 aliphatic heterocycles. The molecule has 1 unspecified atom stereocenters. The topological polar surface area (TPSA) is 67.3 Å². The van der Waals surface area contributed by atoms with Crippen molar-refractivity contribution >= 4 is 0 Å². The predicted molar refractivity (Wildman–Crippen MR) is 51.7 cm³/mol. The monoisotopic (exact) mass is 197 g/mol. The third kappa shape index (κ3) is 3.78. The van der Waals surface area contributed by atoms with Gasteiger partial charge in [-0.25, -0.2) is 0 Å². The lowest BCUT2D eigenvalue weighted by atomic mass is 10.2. The number of aliphatic hydroxyl groups is 1. The normalized spacial score (nSPS) is 12.7. The molecule has 0 aliphatic carbocycles. The molecular formula is C9H15N3O2. The Morgan fingerprint density at radius 2 is 2.43 bits per heavy atom. The van der Waals surface area contributed by atoms with Crippen LogP contribution in [0.25, 0.3) is 0 Å². The van der Waals surface area contributed by atoms with Crippen molar-refractivity contribution in [2.45, 2.75) is 6.10 Å². The van der Waals surface area contributed by atoms with Crippen molar-refractivity contribution in [3.8, 4) is 0 Å². The molecule has 1 rings (SSSR count). The minimum absolute atomic E-state index is 0.460. The molecule has 0 aliphatic rings. The first kappa shape index (κ1) is 11.0. The van der Waals surface area contributed by atoms with E-state index < -0.39 is 6.10 Å². The standard InChI is InChI=1S/C9H15N3O2/c1-14-5-4-11-7-9(13)8-6-10-2-3-12-8/h2-3,6,9,11,13H,4-5,7H2,1H3. The van der Waals surface area contributed by atoms with Gasteiger partial charge in [0.05, 0.1) is 18.5 Å². The molecule has 1 atom stereocenters. The van der Waals surface area contributed by atoms with E-state index in [4.69, 9.17) is 4.74 Å². The molecule has 0 spiro atoms. The van der Waals surface area contributed by atoms with Gasteiger partial charge in [0.15, 0.2) is 0 Å². The van der Waals surface area contributed by atoms with Gasteiger partial charge in [0.1, 0.15) is 6.10 Å². The van der Waals surface area contributed by atoms with Gasteiger partial charge in [-0.2, -0.15) is 0 Å². The summed E-state index contributed by atoms with van der Waals surface area (Å²) >= 11 is 0. The Morgan fingerprint density at radius 1 is 1.57 bits per heavy atom. The highest BCUT2D eigenvalue weighted by Gasteiger charge is 2.07. The highest BCUT2D eigenvalue weighted by molar-refractivity contribution is 4.99. The minimum Gasteiger partial charge on any atom is -0.385 e. The second kappa shape index (κ2) is 6.42. The molecular weight excluding hydrogens is 182 g/mol. The second-order valence-corrected chi connectivity index (χ2v) is 2.84. The van der Waals surface area contributed by atoms with E-state index in [-0.39, 0.29) is 0 Å². The highest BCUT2D eigenvalue weighted by atomic mass is 16.5. The Balaban J connectivity index is 2.25. The zero-order chi connectivity index (χ0) is 10.2. The van der Waals surface area contributed by atoms with Crippen molar-refractivity contribution in [3.05, 3.63) is 24.3 Å². The van der Waals surface area contributed by atoms with Crippen LogP contribution < -0.4 is 5.32 Å². The molecule has 5 heteroatoms. The van der Waals surface area contributed by atoms with E-state index in [1.54, 1.807) is 25.7 Å². The molecule has 1 aromatic heterocycles. The number of nitrogens with zero attached hydrogens (tertiary/aromatic N) is 2. The van der Waals surface area contributed by atoms with Gasteiger partial charge in [-0.15, -0.1) is 0 Å². The van der Waals surface area contributed by atoms with Crippen LogP contribution in [-0.2, 0) is 4.74 Å². The Kier molecular flexibility index (Phi) is 5.06. The molecule has 0 saturated heterocycles. The summed E-state index contributed by atoms with van der Waals surface area (Å²) in [4.78, 5) is 7.87. The second-order valence-electron chi connectivity index (χ2n) is 2.84. The van der Waals surface area contributed by atoms with Gasteiger partial charge in [0.2, 0.25) is 0 Å². The number of rotatable bonds is 6. The average molecular weight is 197 g/mol. The summed E-state index contributed by atoms with van der Waals surface area (Å²) in [5.41, 5.74) is 0.581. The average Bonchev–Trinajstić information content (AvgIpc) is 2.25. The fraction of sp³-hybridized carbons (Fsp3) is 0.556. The Labute approximate surface area is 83.2 Å². The molecule has 1 heterocycles. The lowest BCUT2D eigenvalue weighted by Crippen LogP contribution is -2.25. The largest absolute Gasteiger partial charge is 0.385 e. The summed E-state index contributed by atoms with van der Waals surface area (Å²) in [7, 11) is 1.64. The van der Waals surface area contributed by atoms with E-state index in [1.165, 1.54) is 0 Å². The fourth-order valence-electron chi connectivity index (χ4n) is 1.00. The Bertz CT molecular complexity index is 243. The highest BCUT2D eigenvalue weighted by Crippen LogP contribution is 2.04. The first-order valence-corrected chi connectivity index (χ1v) is 4.48. The van der Waals surface area contributed by atoms with Crippen molar-refractivity contribution in [2.24, 2.45) is 0 Å². The molecule has 0 aromatic carbocycles. The van der Waals surface area contributed by atoms with Crippen LogP contribution in [0.1, 0.15) is 11.8 Å². The van der Waals surface area contributed by atoms with Gasteiger partial charge in [-0.1, -0.05) is 0 Å². The summed E-state index contributed by atoms with van der Waals surface area (Å²) in [5.74, 6) is 0. The van der Waals surface area contributed by atoms with E-state index in [0.29, 0.717) is 25.4 Å². The van der Waals surface area contributed by atoms with Crippen LogP contribution in [0.2, 0.25) is 0 Å². The quantitative estimate of drug-likeness (QED) is 0.615. The third-order valence-electron chi connectivity index (χ3n) is 1.75. The Hall–Kier alpha value is -1.04. The van der Waals surface area contributed by atoms with Crippen LogP contribution in [0.3, 0.4) is 0 Å². The van der Waals surface area contributed by atoms with Crippen LogP contribution in [0.5, 0.6) is 0 Å². The maximum Gasteiger partial charge on any atom is 0.110 e. The number of methoxy groups -OCH3 is 1. The maximum atomic E-state index is 9.61. The van der Waals surface area contributed by atoms with Gasteiger partial charge in [0.25, 0.3) is 0 Å². The SMILES string of the molecule is COCCNCC(O)c1cnccn1. The molecule has 0 saturated carbocycles. The van der Waals surface area contributed by atoms with Crippen molar-refractivity contribution in [3.63, 3.8) is 0 Å². The third-order valence-corrected chi connectivity index (χ3v) is 1.75. The van der Waals surface area contributed by atoms with E-state index >= 15 is 0 Å². The smallest absolute Gasteiger partial charge is 0.110 e. The van der Waals surface area contributed by atoms with Gasteiger partial charge in [-0.05, 0) is 0 Å². The number of aliphatic hydroxyl groups excluding tert-OH is 1. The summed E-state index contributed by atoms with van der Waals surface area (Å²) in [5, 5.41) is 12.7. The zero-order valence-corrected chi connectivity index (χ0v) is 8.18. The van der Waals surface area contributed by atoms with Crippen molar-refractivity contribution in [1.82, 2.24) is 15.3 Å². The summed E-state index contributed by atoms with van der Waals surface area (Å²) in [6, 6.07) is 0. The number of nitrogens with one attached hydrogen (secondary N) is 1. The van der Waals surface area contributed by atoms with E-state index in [2.05, 4.69) is 15.3 Å². The molecule has 78 valence electrons. The number of aromatic nitrogens is 2. The Morgan fingerprint density at radius 3 is 3.07 bits per heavy atom.